The number of carboxylic acid groups (broad SMARTS) is 1. The minimum atomic E-state index is -1.09. The van der Waals surface area contributed by atoms with Crippen molar-refractivity contribution in [2.45, 2.75) is 26.3 Å². The largest absolute Gasteiger partial charge is 0.480 e. The number of hydrogen-bond acceptors (Lipinski definition) is 2. The van der Waals surface area contributed by atoms with Gasteiger partial charge in [0, 0.05) is 18.7 Å². The van der Waals surface area contributed by atoms with Crippen molar-refractivity contribution in [3.63, 3.8) is 0 Å². The molecule has 1 unspecified atom stereocenters. The van der Waals surface area contributed by atoms with Crippen molar-refractivity contribution >= 4 is 23.7 Å². The molecule has 1 atom stereocenters. The lowest BCUT2D eigenvalue weighted by Gasteiger charge is -2.18. The molecule has 0 aromatic carbocycles. The van der Waals surface area contributed by atoms with Gasteiger partial charge in [-0.25, -0.2) is 9.21 Å². The average Bonchev–Trinajstić information content (AvgIpc) is 1.88. The van der Waals surface area contributed by atoms with E-state index in [1.165, 1.54) is 6.92 Å². The number of aliphatic carboxylic acids is 1. The van der Waals surface area contributed by atoms with Crippen LogP contribution in [0.4, 0.5) is 0 Å². The van der Waals surface area contributed by atoms with Crippen LogP contribution < -0.4 is 0 Å². The van der Waals surface area contributed by atoms with Gasteiger partial charge in [0.15, 0.2) is 0 Å². The molecule has 0 spiro atoms. The lowest BCUT2D eigenvalue weighted by Crippen LogP contribution is -2.37. The molecular formula is C6H10ClNO3. The van der Waals surface area contributed by atoms with Crippen LogP contribution in [-0.2, 0) is 9.59 Å². The molecule has 11 heavy (non-hydrogen) atoms. The zero-order valence-electron chi connectivity index (χ0n) is 6.37. The van der Waals surface area contributed by atoms with Gasteiger partial charge in [0.2, 0.25) is 5.91 Å². The number of nitrogens with zero attached hydrogens (tertiary/aromatic N) is 1. The zero-order chi connectivity index (χ0) is 9.02. The van der Waals surface area contributed by atoms with Crippen molar-refractivity contribution < 1.29 is 14.7 Å². The summed E-state index contributed by atoms with van der Waals surface area (Å²) in [6.07, 6.45) is 0.304. The Morgan fingerprint density at radius 2 is 2.09 bits per heavy atom. The van der Waals surface area contributed by atoms with Crippen molar-refractivity contribution in [3.05, 3.63) is 0 Å². The van der Waals surface area contributed by atoms with Gasteiger partial charge in [-0.05, 0) is 6.42 Å². The smallest absolute Gasteiger partial charge is 0.327 e. The summed E-state index contributed by atoms with van der Waals surface area (Å²) in [7, 11) is 0. The maximum absolute atomic E-state index is 10.6. The van der Waals surface area contributed by atoms with Crippen LogP contribution in [0.2, 0.25) is 0 Å². The Hall–Kier alpha value is -0.770. The Balaban J connectivity index is 4.25. The van der Waals surface area contributed by atoms with E-state index in [0.717, 1.165) is 0 Å². The minimum absolute atomic E-state index is 0.304. The number of hydrogen-bond donors (Lipinski definition) is 1. The Bertz CT molecular complexity index is 171. The van der Waals surface area contributed by atoms with Gasteiger partial charge >= 0.3 is 5.97 Å². The summed E-state index contributed by atoms with van der Waals surface area (Å²) in [6.45, 7) is 2.87. The molecule has 0 aliphatic carbocycles. The fourth-order valence-corrected chi connectivity index (χ4v) is 0.873. The second-order valence-corrected chi connectivity index (χ2v) is 2.46. The number of carbonyl (C=O) groups is 2. The third-order valence-corrected chi connectivity index (χ3v) is 1.72. The first-order chi connectivity index (χ1) is 5.00. The van der Waals surface area contributed by atoms with Crippen molar-refractivity contribution in [1.29, 1.82) is 0 Å². The molecule has 0 bridgehead atoms. The molecule has 1 N–H and O–H groups in total. The molecular weight excluding hydrogens is 170 g/mol. The predicted molar refractivity (Wildman–Crippen MR) is 40.1 cm³/mol. The van der Waals surface area contributed by atoms with Crippen molar-refractivity contribution in [2.24, 2.45) is 0 Å². The molecule has 0 aromatic rings. The number of amides is 1. The van der Waals surface area contributed by atoms with Gasteiger partial charge in [-0.3, -0.25) is 4.79 Å². The molecule has 5 heteroatoms. The lowest BCUT2D eigenvalue weighted by molar-refractivity contribution is -0.145. The first kappa shape index (κ1) is 10.2. The molecule has 4 nitrogen and oxygen atoms in total. The van der Waals surface area contributed by atoms with Gasteiger partial charge in [0.05, 0.1) is 0 Å². The zero-order valence-corrected chi connectivity index (χ0v) is 7.13. The summed E-state index contributed by atoms with van der Waals surface area (Å²) in [5.74, 6) is -1.54. The monoisotopic (exact) mass is 179 g/mol. The fourth-order valence-electron chi connectivity index (χ4n) is 0.651. The molecule has 0 aliphatic heterocycles. The van der Waals surface area contributed by atoms with Crippen LogP contribution >= 0.6 is 11.8 Å². The van der Waals surface area contributed by atoms with E-state index in [4.69, 9.17) is 16.9 Å². The van der Waals surface area contributed by atoms with Crippen molar-refractivity contribution in [2.75, 3.05) is 0 Å². The van der Waals surface area contributed by atoms with E-state index >= 15 is 0 Å². The Morgan fingerprint density at radius 3 is 2.18 bits per heavy atom. The highest BCUT2D eigenvalue weighted by Gasteiger charge is 2.24. The molecule has 64 valence electrons. The van der Waals surface area contributed by atoms with E-state index in [1.54, 1.807) is 6.92 Å². The topological polar surface area (TPSA) is 57.6 Å². The molecule has 0 rings (SSSR count). The standard InChI is InChI=1S/C6H10ClNO3/c1-3-5(6(10)11)8(7)4(2)9/h5H,3H2,1-2H3,(H,10,11). The second kappa shape index (κ2) is 4.18. The molecule has 0 aromatic heterocycles. The molecule has 0 heterocycles. The Kier molecular flexibility index (Phi) is 3.89. The lowest BCUT2D eigenvalue weighted by atomic mass is 10.2. The molecule has 0 saturated carbocycles. The van der Waals surface area contributed by atoms with Crippen LogP contribution in [-0.4, -0.2) is 27.4 Å². The average molecular weight is 180 g/mol. The summed E-state index contributed by atoms with van der Waals surface area (Å²) in [4.78, 5) is 21.0. The third-order valence-electron chi connectivity index (χ3n) is 1.25. The molecule has 1 amide bonds. The normalized spacial score (nSPS) is 12.3. The highest BCUT2D eigenvalue weighted by atomic mass is 35.5. The highest BCUT2D eigenvalue weighted by molar-refractivity contribution is 6.22. The quantitative estimate of drug-likeness (QED) is 0.654. The van der Waals surface area contributed by atoms with Crippen LogP contribution in [0.25, 0.3) is 0 Å². The van der Waals surface area contributed by atoms with Gasteiger partial charge in [-0.2, -0.15) is 0 Å². The van der Waals surface area contributed by atoms with E-state index in [0.29, 0.717) is 10.8 Å². The van der Waals surface area contributed by atoms with E-state index in [9.17, 15) is 9.59 Å². The fraction of sp³-hybridized carbons (Fsp3) is 0.667. The van der Waals surface area contributed by atoms with Crippen LogP contribution in [0.3, 0.4) is 0 Å². The minimum Gasteiger partial charge on any atom is -0.480 e. The Morgan fingerprint density at radius 1 is 1.64 bits per heavy atom. The molecule has 0 radical (unpaired) electrons. The number of carboxylic acids is 1. The predicted octanol–water partition coefficient (Wildman–Crippen LogP) is 0.852. The van der Waals surface area contributed by atoms with Crippen LogP contribution in [0, 0.1) is 0 Å². The summed E-state index contributed by atoms with van der Waals surface area (Å²) in [5.41, 5.74) is 0. The molecule has 0 aliphatic rings. The Labute approximate surface area is 69.9 Å². The van der Waals surface area contributed by atoms with E-state index in [2.05, 4.69) is 0 Å². The number of rotatable bonds is 3. The van der Waals surface area contributed by atoms with Gasteiger partial charge in [-0.15, -0.1) is 0 Å². The summed E-state index contributed by atoms with van der Waals surface area (Å²) < 4.78 is 0.697. The van der Waals surface area contributed by atoms with Gasteiger partial charge < -0.3 is 5.11 Å². The molecule has 0 saturated heterocycles. The van der Waals surface area contributed by atoms with Crippen LogP contribution in [0.15, 0.2) is 0 Å². The summed E-state index contributed by atoms with van der Waals surface area (Å²) in [5, 5.41) is 8.51. The van der Waals surface area contributed by atoms with Gasteiger partial charge in [0.1, 0.15) is 6.04 Å². The summed E-state index contributed by atoms with van der Waals surface area (Å²) >= 11 is 5.38. The summed E-state index contributed by atoms with van der Waals surface area (Å²) in [6, 6.07) is -0.922. The maximum Gasteiger partial charge on any atom is 0.327 e. The second-order valence-electron chi connectivity index (χ2n) is 2.09. The van der Waals surface area contributed by atoms with E-state index in [1.807, 2.05) is 0 Å². The van der Waals surface area contributed by atoms with E-state index in [-0.39, 0.29) is 0 Å². The third kappa shape index (κ3) is 2.76. The van der Waals surface area contributed by atoms with Gasteiger partial charge in [0.25, 0.3) is 0 Å². The first-order valence-corrected chi connectivity index (χ1v) is 3.52. The van der Waals surface area contributed by atoms with Crippen LogP contribution in [0.5, 0.6) is 0 Å². The first-order valence-electron chi connectivity index (χ1n) is 3.19. The highest BCUT2D eigenvalue weighted by Crippen LogP contribution is 2.07. The number of halogens is 1. The van der Waals surface area contributed by atoms with Gasteiger partial charge in [-0.1, -0.05) is 6.92 Å². The maximum atomic E-state index is 10.6. The van der Waals surface area contributed by atoms with E-state index < -0.39 is 17.9 Å². The molecule has 0 fully saturated rings. The number of carbonyl (C=O) groups excluding carboxylic acids is 1. The SMILES string of the molecule is CCC(C(=O)O)N(Cl)C(C)=O. The van der Waals surface area contributed by atoms with Crippen molar-refractivity contribution in [3.8, 4) is 0 Å². The van der Waals surface area contributed by atoms with Crippen LogP contribution in [0.1, 0.15) is 20.3 Å². The van der Waals surface area contributed by atoms with Crippen molar-refractivity contribution in [1.82, 2.24) is 4.42 Å².